The summed E-state index contributed by atoms with van der Waals surface area (Å²) in [4.78, 5) is 8.70. The van der Waals surface area contributed by atoms with Crippen LogP contribution in [0.25, 0.3) is 22.2 Å². The third kappa shape index (κ3) is 13.5. The number of fused-ring (bicyclic) bond motifs is 1. The molecule has 51 heavy (non-hydrogen) atoms. The Morgan fingerprint density at radius 3 is 2.49 bits per heavy atom. The summed E-state index contributed by atoms with van der Waals surface area (Å²) in [5.41, 5.74) is 3.21. The van der Waals surface area contributed by atoms with E-state index in [4.69, 9.17) is 25.3 Å². The van der Waals surface area contributed by atoms with Crippen molar-refractivity contribution in [2.75, 3.05) is 23.9 Å². The van der Waals surface area contributed by atoms with Gasteiger partial charge >= 0.3 is 0 Å². The van der Waals surface area contributed by atoms with Gasteiger partial charge in [-0.3, -0.25) is 4.55 Å². The van der Waals surface area contributed by atoms with Crippen LogP contribution in [0.1, 0.15) is 44.9 Å². The number of nitrogens with one attached hydrogen (secondary N) is 2. The molecule has 0 aliphatic rings. The lowest BCUT2D eigenvalue weighted by atomic mass is 10.1. The van der Waals surface area contributed by atoms with Crippen molar-refractivity contribution in [2.45, 2.75) is 46.8 Å². The smallest absolute Gasteiger partial charge is 0.294 e. The highest BCUT2D eigenvalue weighted by molar-refractivity contribution is 7.98. The number of unbranched alkanes of at least 4 members (excludes halogenated alkanes) is 1. The quantitative estimate of drug-likeness (QED) is 0.0573. The second kappa shape index (κ2) is 21.2. The molecule has 2 aromatic heterocycles. The Balaban J connectivity index is 0.000000462. The number of thioether (sulfide) groups is 1. The van der Waals surface area contributed by atoms with E-state index in [1.165, 1.54) is 44.3 Å². The van der Waals surface area contributed by atoms with Gasteiger partial charge in [0.2, 0.25) is 0 Å². The minimum absolute atomic E-state index is 0.164. The fourth-order valence-corrected chi connectivity index (χ4v) is 5.41. The summed E-state index contributed by atoms with van der Waals surface area (Å²) >= 11 is 8.29. The molecule has 0 aliphatic heterocycles. The van der Waals surface area contributed by atoms with E-state index >= 15 is 0 Å². The van der Waals surface area contributed by atoms with E-state index in [2.05, 4.69) is 47.3 Å². The molecule has 9 nitrogen and oxygen atoms in total. The Labute approximate surface area is 309 Å². The van der Waals surface area contributed by atoms with Crippen LogP contribution in [0.4, 0.5) is 15.9 Å². The number of anilines is 2. The lowest BCUT2D eigenvalue weighted by Gasteiger charge is -2.12. The number of hydrogen-bond acceptors (Lipinski definition) is 9. The molecule has 3 N–H and O–H groups in total. The monoisotopic (exact) mass is 754 g/mol. The van der Waals surface area contributed by atoms with Crippen molar-refractivity contribution in [2.24, 2.45) is 0 Å². The fourth-order valence-electron chi connectivity index (χ4n) is 4.32. The molecular formula is C38H44ClFN4O5S2. The molecule has 5 aromatic rings. The number of rotatable bonds is 14. The Hall–Kier alpha value is -4.20. The molecular weight excluding hydrogens is 711 g/mol. The summed E-state index contributed by atoms with van der Waals surface area (Å²) in [6.07, 6.45) is 8.60. The number of benzene rings is 3. The van der Waals surface area contributed by atoms with Crippen LogP contribution in [0.3, 0.4) is 0 Å². The Morgan fingerprint density at radius 2 is 1.86 bits per heavy atom. The van der Waals surface area contributed by atoms with Crippen molar-refractivity contribution in [3.63, 3.8) is 0 Å². The summed E-state index contributed by atoms with van der Waals surface area (Å²) in [5.74, 6) is 3.58. The van der Waals surface area contributed by atoms with Gasteiger partial charge in [-0.25, -0.2) is 14.4 Å². The molecule has 0 unspecified atom stereocenters. The molecule has 272 valence electrons. The molecule has 0 atom stereocenters. The van der Waals surface area contributed by atoms with Crippen molar-refractivity contribution < 1.29 is 26.5 Å². The van der Waals surface area contributed by atoms with E-state index < -0.39 is 10.1 Å². The first-order valence-electron chi connectivity index (χ1n) is 16.3. The largest absolute Gasteiger partial charge is 0.487 e. The molecule has 0 saturated carbocycles. The Bertz CT molecular complexity index is 2000. The number of allylic oxidation sites excluding steroid dienone is 2. The molecule has 0 saturated heterocycles. The summed E-state index contributed by atoms with van der Waals surface area (Å²) in [5, 5.41) is 8.00. The number of nitrogens with zero attached hydrogens (tertiary/aromatic N) is 2. The van der Waals surface area contributed by atoms with Gasteiger partial charge in [-0.2, -0.15) is 20.2 Å². The van der Waals surface area contributed by atoms with E-state index in [-0.39, 0.29) is 17.3 Å². The third-order valence-electron chi connectivity index (χ3n) is 7.13. The Kier molecular flexibility index (Phi) is 17.2. The number of ether oxygens (including phenoxy) is 1. The predicted molar refractivity (Wildman–Crippen MR) is 209 cm³/mol. The first-order chi connectivity index (χ1) is 24.5. The average molecular weight is 755 g/mol. The number of aromatic nitrogens is 2. The van der Waals surface area contributed by atoms with Gasteiger partial charge in [0.05, 0.1) is 22.0 Å². The normalized spacial score (nSPS) is 11.2. The number of halogens is 2. The zero-order valence-corrected chi connectivity index (χ0v) is 31.5. The lowest BCUT2D eigenvalue weighted by molar-refractivity contribution is 0.306. The van der Waals surface area contributed by atoms with Crippen LogP contribution in [0.15, 0.2) is 107 Å². The minimum Gasteiger partial charge on any atom is -0.487 e. The van der Waals surface area contributed by atoms with E-state index in [1.54, 1.807) is 24.3 Å². The molecule has 0 spiro atoms. The van der Waals surface area contributed by atoms with Crippen LogP contribution < -0.4 is 15.4 Å². The van der Waals surface area contributed by atoms with Crippen LogP contribution in [0.5, 0.6) is 5.75 Å². The highest BCUT2D eigenvalue weighted by Crippen LogP contribution is 2.33. The van der Waals surface area contributed by atoms with Crippen molar-refractivity contribution in [3.05, 3.63) is 125 Å². The molecule has 5 rings (SSSR count). The average Bonchev–Trinajstić information content (AvgIpc) is 3.59. The molecule has 0 fully saturated rings. The van der Waals surface area contributed by atoms with Crippen molar-refractivity contribution in [1.29, 1.82) is 0 Å². The fraction of sp³-hybridized carbons (Fsp3) is 0.263. The maximum atomic E-state index is 13.4. The van der Waals surface area contributed by atoms with Gasteiger partial charge in [0, 0.05) is 28.9 Å². The maximum absolute atomic E-state index is 13.4. The minimum atomic E-state index is -4.02. The van der Waals surface area contributed by atoms with Gasteiger partial charge in [-0.1, -0.05) is 63.1 Å². The van der Waals surface area contributed by atoms with Crippen molar-refractivity contribution in [3.8, 4) is 17.1 Å². The van der Waals surface area contributed by atoms with E-state index in [9.17, 15) is 12.8 Å². The molecule has 2 heterocycles. The first kappa shape index (κ1) is 41.2. The maximum Gasteiger partial charge on any atom is 0.294 e. The van der Waals surface area contributed by atoms with Gasteiger partial charge in [-0.05, 0) is 85.5 Å². The third-order valence-corrected chi connectivity index (χ3v) is 9.03. The first-order valence-corrected chi connectivity index (χ1v) is 19.5. The van der Waals surface area contributed by atoms with E-state index in [1.807, 2.05) is 48.2 Å². The summed E-state index contributed by atoms with van der Waals surface area (Å²) in [7, 11) is -4.02. The highest BCUT2D eigenvalue weighted by atomic mass is 35.5. The predicted octanol–water partition coefficient (Wildman–Crippen LogP) is 10.2. The Morgan fingerprint density at radius 1 is 1.08 bits per heavy atom. The summed E-state index contributed by atoms with van der Waals surface area (Å²) in [6.45, 7) is 10.9. The van der Waals surface area contributed by atoms with E-state index in [0.717, 1.165) is 57.6 Å². The standard InChI is InChI=1S/C29H26ClFN4O2S.C5H8O3S.C4H10/c1-38-12-11-32-16-23-7-10-27(37-23)20-5-8-26-24(14-20)29(34-18-33-26)35-22-6-9-28(25(30)15-22)36-17-19-3-2-4-21(31)13-19;1-3-5(4-2)9(6,7)8;1-3-4-2/h2-10,13-15,18,32H,11-12,16-17H2,1H3,(H,33,34,35);3-4H,1H2,2H3,(H,6,7,8);3-4H2,1-2H3/b;5-4+;. The van der Waals surface area contributed by atoms with Gasteiger partial charge in [0.15, 0.2) is 0 Å². The summed E-state index contributed by atoms with van der Waals surface area (Å²) in [6, 6.07) is 21.6. The molecule has 0 aliphatic carbocycles. The van der Waals surface area contributed by atoms with E-state index in [0.29, 0.717) is 23.1 Å². The SMILES string of the molecule is C=C/C(=C\C)S(=O)(=O)O.CCCC.CSCCNCc1ccc(-c2ccc3ncnc(Nc4ccc(OCc5cccc(F)c5)c(Cl)c4)c3c2)o1. The zero-order valence-electron chi connectivity index (χ0n) is 29.2. The van der Waals surface area contributed by atoms with Crippen LogP contribution in [-0.2, 0) is 23.3 Å². The summed E-state index contributed by atoms with van der Waals surface area (Å²) < 4.78 is 54.0. The molecule has 13 heteroatoms. The second-order valence-electron chi connectivity index (χ2n) is 10.9. The number of furan rings is 1. The zero-order chi connectivity index (χ0) is 37.2. The molecule has 0 amide bonds. The highest BCUT2D eigenvalue weighted by Gasteiger charge is 2.11. The van der Waals surface area contributed by atoms with Gasteiger partial charge in [0.25, 0.3) is 10.1 Å². The molecule has 0 radical (unpaired) electrons. The van der Waals surface area contributed by atoms with Crippen LogP contribution in [0, 0.1) is 5.82 Å². The topological polar surface area (TPSA) is 127 Å². The van der Waals surface area contributed by atoms with Crippen molar-refractivity contribution in [1.82, 2.24) is 15.3 Å². The van der Waals surface area contributed by atoms with Gasteiger partial charge in [0.1, 0.15) is 41.8 Å². The van der Waals surface area contributed by atoms with Gasteiger partial charge in [-0.15, -0.1) is 0 Å². The molecule has 0 bridgehead atoms. The van der Waals surface area contributed by atoms with Crippen LogP contribution in [-0.4, -0.2) is 41.5 Å². The van der Waals surface area contributed by atoms with Gasteiger partial charge < -0.3 is 19.8 Å². The second-order valence-corrected chi connectivity index (χ2v) is 13.8. The molecule has 3 aromatic carbocycles. The lowest BCUT2D eigenvalue weighted by Crippen LogP contribution is -2.15. The van der Waals surface area contributed by atoms with Crippen LogP contribution in [0.2, 0.25) is 5.02 Å². The number of hydrogen-bond donors (Lipinski definition) is 3. The van der Waals surface area contributed by atoms with Crippen LogP contribution >= 0.6 is 23.4 Å². The van der Waals surface area contributed by atoms with Crippen molar-refractivity contribution >= 4 is 55.9 Å².